The lowest BCUT2D eigenvalue weighted by molar-refractivity contribution is -0.120. The van der Waals surface area contributed by atoms with Crippen molar-refractivity contribution in [1.29, 1.82) is 0 Å². The molecule has 210 valence electrons. The highest BCUT2D eigenvalue weighted by Gasteiger charge is 2.21. The number of aryl methyl sites for hydroxylation is 1. The van der Waals surface area contributed by atoms with E-state index in [1.54, 1.807) is 20.2 Å². The molecular formula is C27H43N7O4. The van der Waals surface area contributed by atoms with Crippen molar-refractivity contribution in [2.75, 3.05) is 51.1 Å². The van der Waals surface area contributed by atoms with Crippen LogP contribution in [0.15, 0.2) is 18.2 Å². The lowest BCUT2D eigenvalue weighted by Crippen LogP contribution is -2.33. The van der Waals surface area contributed by atoms with Crippen LogP contribution in [0.3, 0.4) is 0 Å². The van der Waals surface area contributed by atoms with Gasteiger partial charge >= 0.3 is 0 Å². The van der Waals surface area contributed by atoms with Crippen molar-refractivity contribution in [2.45, 2.75) is 58.9 Å². The summed E-state index contributed by atoms with van der Waals surface area (Å²) < 4.78 is 10.9. The number of carbonyl (C=O) groups is 2. The lowest BCUT2D eigenvalue weighted by Gasteiger charge is -2.25. The van der Waals surface area contributed by atoms with Gasteiger partial charge in [0, 0.05) is 37.6 Å². The second-order valence-electron chi connectivity index (χ2n) is 9.00. The smallest absolute Gasteiger partial charge is 0.271 e. The number of rotatable bonds is 12. The first-order chi connectivity index (χ1) is 18.3. The minimum atomic E-state index is -0.664. The number of nitrogens with one attached hydrogen (secondary N) is 4. The van der Waals surface area contributed by atoms with Gasteiger partial charge < -0.3 is 36.5 Å². The molecule has 1 aromatic carbocycles. The Balaban J connectivity index is 0.00000161. The molecule has 2 heterocycles. The number of likely N-dealkylation sites (N-methyl/N-ethyl adjacent to an activating group) is 1. The summed E-state index contributed by atoms with van der Waals surface area (Å²) in [6.07, 6.45) is 4.19. The fraction of sp³-hybridized carbons (Fsp3) is 0.556. The Kier molecular flexibility index (Phi) is 13.3. The van der Waals surface area contributed by atoms with Gasteiger partial charge in [0.05, 0.1) is 19.3 Å². The molecule has 0 unspecified atom stereocenters. The van der Waals surface area contributed by atoms with Gasteiger partial charge in [-0.25, -0.2) is 9.97 Å². The minimum absolute atomic E-state index is 0.0723. The Labute approximate surface area is 225 Å². The number of hydrogen-bond donors (Lipinski definition) is 5. The number of methoxy groups -OCH3 is 1. The standard InChI is InChI=1S/C24H35N7O4.C3H8/c1-4-19-23(28-16-6-9-35-10-7-16)31-24(21(30-19)22(25)33)29-17-11-15(12-18(13-17)34-3)5-8-27-20(32)14-26-2;1-3-2/h11-13,16,26H,4-10,14H2,1-3H3,(H2,25,33)(H,27,32)(H2,28,29,31);3H2,1-2H3. The molecular weight excluding hydrogens is 486 g/mol. The van der Waals surface area contributed by atoms with E-state index in [0.29, 0.717) is 55.5 Å². The third-order valence-corrected chi connectivity index (χ3v) is 5.64. The summed E-state index contributed by atoms with van der Waals surface area (Å²) >= 11 is 0. The van der Waals surface area contributed by atoms with Gasteiger partial charge in [-0.15, -0.1) is 0 Å². The van der Waals surface area contributed by atoms with Crippen LogP contribution >= 0.6 is 0 Å². The van der Waals surface area contributed by atoms with E-state index in [4.69, 9.17) is 20.2 Å². The number of nitrogens with two attached hydrogens (primary N) is 1. The zero-order chi connectivity index (χ0) is 27.9. The average Bonchev–Trinajstić information content (AvgIpc) is 2.90. The van der Waals surface area contributed by atoms with Gasteiger partial charge in [0.2, 0.25) is 5.91 Å². The molecule has 11 heteroatoms. The van der Waals surface area contributed by atoms with Crippen molar-refractivity contribution in [2.24, 2.45) is 5.73 Å². The zero-order valence-electron chi connectivity index (χ0n) is 23.3. The van der Waals surface area contributed by atoms with Crippen LogP contribution in [0.25, 0.3) is 0 Å². The summed E-state index contributed by atoms with van der Waals surface area (Å²) in [5.41, 5.74) is 8.00. The summed E-state index contributed by atoms with van der Waals surface area (Å²) in [7, 11) is 3.30. The van der Waals surface area contributed by atoms with Crippen LogP contribution in [0, 0.1) is 0 Å². The van der Waals surface area contributed by atoms with E-state index in [1.165, 1.54) is 6.42 Å². The van der Waals surface area contributed by atoms with Gasteiger partial charge in [-0.2, -0.15) is 0 Å². The highest BCUT2D eigenvalue weighted by molar-refractivity contribution is 5.96. The minimum Gasteiger partial charge on any atom is -0.497 e. The highest BCUT2D eigenvalue weighted by Crippen LogP contribution is 2.27. The molecule has 0 aliphatic carbocycles. The third kappa shape index (κ3) is 9.79. The number of aromatic nitrogens is 2. The van der Waals surface area contributed by atoms with E-state index >= 15 is 0 Å². The number of benzene rings is 1. The predicted octanol–water partition coefficient (Wildman–Crippen LogP) is 2.78. The Morgan fingerprint density at radius 1 is 1.11 bits per heavy atom. The number of anilines is 3. The van der Waals surface area contributed by atoms with Gasteiger partial charge in [-0.1, -0.05) is 27.2 Å². The SMILES string of the molecule is CCC.CCc1nc(C(N)=O)c(Nc2cc(CCNC(=O)CNC)cc(OC)c2)nc1NC1CCOCC1. The van der Waals surface area contributed by atoms with E-state index in [1.807, 2.05) is 19.1 Å². The third-order valence-electron chi connectivity index (χ3n) is 5.64. The Hall–Kier alpha value is -3.44. The highest BCUT2D eigenvalue weighted by atomic mass is 16.5. The van der Waals surface area contributed by atoms with Crippen molar-refractivity contribution in [1.82, 2.24) is 20.6 Å². The molecule has 1 saturated heterocycles. The zero-order valence-corrected chi connectivity index (χ0v) is 23.3. The second-order valence-corrected chi connectivity index (χ2v) is 9.00. The number of carbonyl (C=O) groups excluding carboxylic acids is 2. The molecule has 0 saturated carbocycles. The van der Waals surface area contributed by atoms with Crippen LogP contribution in [0.1, 0.15) is 61.8 Å². The van der Waals surface area contributed by atoms with Crippen molar-refractivity contribution in [3.63, 3.8) is 0 Å². The Morgan fingerprint density at radius 3 is 2.42 bits per heavy atom. The summed E-state index contributed by atoms with van der Waals surface area (Å²) in [5.74, 6) is 0.789. The molecule has 6 N–H and O–H groups in total. The van der Waals surface area contributed by atoms with E-state index < -0.39 is 5.91 Å². The average molecular weight is 530 g/mol. The lowest BCUT2D eigenvalue weighted by atomic mass is 10.1. The number of ether oxygens (including phenoxy) is 2. The molecule has 3 rings (SSSR count). The Bertz CT molecular complexity index is 1040. The molecule has 1 fully saturated rings. The molecule has 38 heavy (non-hydrogen) atoms. The number of nitrogens with zero attached hydrogens (tertiary/aromatic N) is 2. The second kappa shape index (κ2) is 16.4. The van der Waals surface area contributed by atoms with Crippen LogP contribution in [0.2, 0.25) is 0 Å². The van der Waals surface area contributed by atoms with Gasteiger partial charge in [-0.3, -0.25) is 9.59 Å². The molecule has 2 amide bonds. The quantitative estimate of drug-likeness (QED) is 0.279. The maximum Gasteiger partial charge on any atom is 0.271 e. The molecule has 0 spiro atoms. The molecule has 1 aromatic heterocycles. The fourth-order valence-electron chi connectivity index (χ4n) is 3.83. The molecule has 2 aromatic rings. The summed E-state index contributed by atoms with van der Waals surface area (Å²) in [6.45, 7) is 8.33. The van der Waals surface area contributed by atoms with E-state index in [0.717, 1.165) is 18.4 Å². The predicted molar refractivity (Wildman–Crippen MR) is 150 cm³/mol. The van der Waals surface area contributed by atoms with Gasteiger partial charge in [0.1, 0.15) is 5.75 Å². The Morgan fingerprint density at radius 2 is 1.82 bits per heavy atom. The van der Waals surface area contributed by atoms with Crippen molar-refractivity contribution < 1.29 is 19.1 Å². The molecule has 11 nitrogen and oxygen atoms in total. The van der Waals surface area contributed by atoms with Crippen LogP contribution < -0.4 is 31.7 Å². The molecule has 1 aliphatic rings. The first-order valence-electron chi connectivity index (χ1n) is 13.3. The molecule has 0 radical (unpaired) electrons. The largest absolute Gasteiger partial charge is 0.497 e. The molecule has 0 bridgehead atoms. The van der Waals surface area contributed by atoms with Crippen molar-refractivity contribution in [3.8, 4) is 5.75 Å². The van der Waals surface area contributed by atoms with Crippen LogP contribution in [0.5, 0.6) is 5.75 Å². The van der Waals surface area contributed by atoms with Crippen LogP contribution in [-0.4, -0.2) is 68.3 Å². The number of primary amides is 1. The first kappa shape index (κ1) is 30.8. The maximum absolute atomic E-state index is 12.2. The summed E-state index contributed by atoms with van der Waals surface area (Å²) in [4.78, 5) is 33.2. The van der Waals surface area contributed by atoms with Gasteiger partial charge in [-0.05, 0) is 50.4 Å². The maximum atomic E-state index is 12.2. The number of hydrogen-bond acceptors (Lipinski definition) is 9. The van der Waals surface area contributed by atoms with Crippen molar-refractivity contribution >= 4 is 29.1 Å². The topological polar surface area (TPSA) is 153 Å². The van der Waals surface area contributed by atoms with Crippen molar-refractivity contribution in [3.05, 3.63) is 35.2 Å². The van der Waals surface area contributed by atoms with E-state index in [9.17, 15) is 9.59 Å². The number of amides is 2. The van der Waals surface area contributed by atoms with E-state index in [2.05, 4.69) is 40.1 Å². The fourth-order valence-corrected chi connectivity index (χ4v) is 3.83. The van der Waals surface area contributed by atoms with Gasteiger partial charge in [0.15, 0.2) is 17.3 Å². The molecule has 1 aliphatic heterocycles. The van der Waals surface area contributed by atoms with Gasteiger partial charge in [0.25, 0.3) is 5.91 Å². The van der Waals surface area contributed by atoms with E-state index in [-0.39, 0.29) is 30.0 Å². The van der Waals surface area contributed by atoms with Crippen LogP contribution in [-0.2, 0) is 22.4 Å². The molecule has 0 atom stereocenters. The first-order valence-corrected chi connectivity index (χ1v) is 13.3. The summed E-state index contributed by atoms with van der Waals surface area (Å²) in [6, 6.07) is 5.83. The summed E-state index contributed by atoms with van der Waals surface area (Å²) in [5, 5.41) is 12.3. The normalized spacial score (nSPS) is 13.2. The van der Waals surface area contributed by atoms with Crippen LogP contribution in [0.4, 0.5) is 17.3 Å². The monoisotopic (exact) mass is 529 g/mol.